The van der Waals surface area contributed by atoms with E-state index in [-0.39, 0.29) is 18.9 Å². The van der Waals surface area contributed by atoms with E-state index in [1.54, 1.807) is 0 Å². The zero-order chi connectivity index (χ0) is 4.50. The first-order chi connectivity index (χ1) is 2.00. The molecule has 0 atom stereocenters. The maximum absolute atomic E-state index is 7.19. The van der Waals surface area contributed by atoms with Gasteiger partial charge in [-0.15, -0.1) is 0 Å². The number of rotatable bonds is 0. The van der Waals surface area contributed by atoms with Gasteiger partial charge in [0.1, 0.15) is 0 Å². The normalized spacial score (nSPS) is 10.0. The van der Waals surface area contributed by atoms with Crippen molar-refractivity contribution in [1.29, 1.82) is 0 Å². The van der Waals surface area contributed by atoms with E-state index in [1.807, 2.05) is 0 Å². The molecule has 0 aliphatic heterocycles. The third-order valence-electron chi connectivity index (χ3n) is 0. The third-order valence-corrected chi connectivity index (χ3v) is 0. The monoisotopic (exact) mass is 87.0 g/mol. The first kappa shape index (κ1) is 9.67. The second kappa shape index (κ2) is 2.58. The summed E-state index contributed by atoms with van der Waals surface area (Å²) in [5, 5.41) is 28.8. The summed E-state index contributed by atoms with van der Waals surface area (Å²) < 4.78 is 0. The maximum Gasteiger partial charge on any atom is 0.402 e. The Labute approximate surface area is 46.2 Å². The van der Waals surface area contributed by atoms with Crippen LogP contribution < -0.4 is 0 Å². The van der Waals surface area contributed by atoms with Gasteiger partial charge in [0, 0.05) is 18.9 Å². The van der Waals surface area contributed by atoms with Crippen molar-refractivity contribution in [3.63, 3.8) is 0 Å². The minimum absolute atomic E-state index is 0. The molecule has 0 fully saturated rings. The summed E-state index contributed by atoms with van der Waals surface area (Å²) in [6, 6.07) is 0. The SMILES string of the molecule is OC(O)(O)O.[Li]. The molecule has 4 N–H and O–H groups in total. The topological polar surface area (TPSA) is 80.9 Å². The summed E-state index contributed by atoms with van der Waals surface area (Å²) in [7, 11) is 0. The van der Waals surface area contributed by atoms with Crippen molar-refractivity contribution in [2.45, 2.75) is 6.16 Å². The molecule has 0 amide bonds. The maximum atomic E-state index is 7.19. The molecule has 0 spiro atoms. The van der Waals surface area contributed by atoms with Crippen LogP contribution in [-0.2, 0) is 0 Å². The predicted molar refractivity (Wildman–Crippen MR) is 17.4 cm³/mol. The van der Waals surface area contributed by atoms with E-state index in [0.29, 0.717) is 0 Å². The molecular formula is CH4LiO4. The van der Waals surface area contributed by atoms with E-state index in [0.717, 1.165) is 0 Å². The Morgan fingerprint density at radius 3 is 0.833 bits per heavy atom. The minimum atomic E-state index is -3.50. The van der Waals surface area contributed by atoms with Gasteiger partial charge in [-0.2, -0.15) is 0 Å². The van der Waals surface area contributed by atoms with Crippen LogP contribution in [0.5, 0.6) is 0 Å². The molecule has 33 valence electrons. The molecule has 0 aromatic rings. The van der Waals surface area contributed by atoms with Gasteiger partial charge in [-0.3, -0.25) is 0 Å². The van der Waals surface area contributed by atoms with E-state index in [4.69, 9.17) is 20.4 Å². The van der Waals surface area contributed by atoms with Crippen LogP contribution in [0.4, 0.5) is 0 Å². The molecule has 0 aliphatic carbocycles. The van der Waals surface area contributed by atoms with E-state index >= 15 is 0 Å². The molecule has 0 bridgehead atoms. The summed E-state index contributed by atoms with van der Waals surface area (Å²) in [5.74, 6) is 0. The van der Waals surface area contributed by atoms with Crippen molar-refractivity contribution in [2.75, 3.05) is 0 Å². The molecule has 6 heavy (non-hydrogen) atoms. The molecule has 0 saturated heterocycles. The van der Waals surface area contributed by atoms with Crippen molar-refractivity contribution < 1.29 is 20.4 Å². The van der Waals surface area contributed by atoms with E-state index < -0.39 is 6.16 Å². The largest absolute Gasteiger partial charge is 0.402 e. The Hall–Kier alpha value is 0.437. The Morgan fingerprint density at radius 2 is 0.833 bits per heavy atom. The zero-order valence-electron chi connectivity index (χ0n) is 3.29. The first-order valence-electron chi connectivity index (χ1n) is 0.894. The summed E-state index contributed by atoms with van der Waals surface area (Å²) in [4.78, 5) is 0. The summed E-state index contributed by atoms with van der Waals surface area (Å²) >= 11 is 0. The van der Waals surface area contributed by atoms with Crippen LogP contribution >= 0.6 is 0 Å². The molecule has 0 aliphatic rings. The Kier molecular flexibility index (Phi) is 4.16. The van der Waals surface area contributed by atoms with Gasteiger partial charge in [0.2, 0.25) is 0 Å². The van der Waals surface area contributed by atoms with Gasteiger partial charge in [-0.05, 0) is 0 Å². The molecule has 0 aromatic carbocycles. The summed E-state index contributed by atoms with van der Waals surface area (Å²) in [6.45, 7) is 0. The van der Waals surface area contributed by atoms with Gasteiger partial charge >= 0.3 is 6.16 Å². The zero-order valence-corrected chi connectivity index (χ0v) is 3.29. The van der Waals surface area contributed by atoms with Gasteiger partial charge in [0.05, 0.1) is 0 Å². The Morgan fingerprint density at radius 1 is 0.833 bits per heavy atom. The number of hydrogen-bond donors (Lipinski definition) is 4. The molecule has 0 rings (SSSR count). The molecule has 0 heterocycles. The molecular weight excluding hydrogens is 82.9 g/mol. The fraction of sp³-hybridized carbons (Fsp3) is 1.00. The van der Waals surface area contributed by atoms with Gasteiger partial charge < -0.3 is 20.4 Å². The smallest absolute Gasteiger partial charge is 0.319 e. The summed E-state index contributed by atoms with van der Waals surface area (Å²) in [6.07, 6.45) is -3.50. The predicted octanol–water partition coefficient (Wildman–Crippen LogP) is -2.81. The van der Waals surface area contributed by atoms with Crippen molar-refractivity contribution in [3.05, 3.63) is 0 Å². The molecule has 0 unspecified atom stereocenters. The van der Waals surface area contributed by atoms with Crippen LogP contribution in [0.25, 0.3) is 0 Å². The van der Waals surface area contributed by atoms with Crippen molar-refractivity contribution >= 4 is 18.9 Å². The van der Waals surface area contributed by atoms with Crippen molar-refractivity contribution in [2.24, 2.45) is 0 Å². The second-order valence-corrected chi connectivity index (χ2v) is 0.600. The molecule has 4 nitrogen and oxygen atoms in total. The van der Waals surface area contributed by atoms with Gasteiger partial charge in [0.25, 0.3) is 0 Å². The van der Waals surface area contributed by atoms with Crippen molar-refractivity contribution in [3.8, 4) is 0 Å². The standard InChI is InChI=1S/CH4O4.Li/c2-1(3,4)5;/h2-5H;. The Bertz CT molecular complexity index is 23.0. The third kappa shape index (κ3) is 274. The van der Waals surface area contributed by atoms with E-state index in [2.05, 4.69) is 0 Å². The average molecular weight is 87.0 g/mol. The van der Waals surface area contributed by atoms with Crippen LogP contribution in [0, 0.1) is 0 Å². The van der Waals surface area contributed by atoms with Crippen LogP contribution in [-0.4, -0.2) is 45.4 Å². The molecule has 0 saturated carbocycles. The number of aliphatic hydroxyl groups is 4. The first-order valence-corrected chi connectivity index (χ1v) is 0.894. The fourth-order valence-electron chi connectivity index (χ4n) is 0. The summed E-state index contributed by atoms with van der Waals surface area (Å²) in [5.41, 5.74) is 0. The van der Waals surface area contributed by atoms with Crippen LogP contribution in [0.15, 0.2) is 0 Å². The van der Waals surface area contributed by atoms with Crippen molar-refractivity contribution in [1.82, 2.24) is 0 Å². The average Bonchev–Trinajstić information content (AvgIpc) is 0.722. The molecule has 0 aromatic heterocycles. The van der Waals surface area contributed by atoms with Crippen LogP contribution in [0.1, 0.15) is 0 Å². The van der Waals surface area contributed by atoms with Crippen LogP contribution in [0.2, 0.25) is 0 Å². The second-order valence-electron chi connectivity index (χ2n) is 0.600. The molecule has 5 heteroatoms. The van der Waals surface area contributed by atoms with Gasteiger partial charge in [-0.1, -0.05) is 0 Å². The van der Waals surface area contributed by atoms with Gasteiger partial charge in [-0.25, -0.2) is 0 Å². The minimum Gasteiger partial charge on any atom is -0.319 e. The van der Waals surface area contributed by atoms with E-state index in [1.165, 1.54) is 0 Å². The van der Waals surface area contributed by atoms with E-state index in [9.17, 15) is 0 Å². The quantitative estimate of drug-likeness (QED) is 0.190. The molecule has 1 radical (unpaired) electrons. The van der Waals surface area contributed by atoms with Gasteiger partial charge in [0.15, 0.2) is 0 Å². The fourth-order valence-corrected chi connectivity index (χ4v) is 0. The van der Waals surface area contributed by atoms with Crippen LogP contribution in [0.3, 0.4) is 0 Å². The Balaban J connectivity index is 0. The number of hydrogen-bond acceptors (Lipinski definition) is 4.